The van der Waals surface area contributed by atoms with E-state index in [9.17, 15) is 9.59 Å². The molecule has 0 bridgehead atoms. The molecule has 3 aromatic rings. The molecule has 0 unspecified atom stereocenters. The molecular formula is C24H21NO7. The van der Waals surface area contributed by atoms with Crippen LogP contribution < -0.4 is 18.9 Å². The van der Waals surface area contributed by atoms with Crippen LogP contribution in [-0.2, 0) is 11.2 Å². The van der Waals surface area contributed by atoms with E-state index in [-0.39, 0.29) is 18.0 Å². The maximum absolute atomic E-state index is 12.8. The molecule has 1 aliphatic heterocycles. The van der Waals surface area contributed by atoms with Gasteiger partial charge in [-0.15, -0.1) is 0 Å². The van der Waals surface area contributed by atoms with Gasteiger partial charge in [-0.05, 0) is 48.0 Å². The zero-order valence-electron chi connectivity index (χ0n) is 17.8. The predicted molar refractivity (Wildman–Crippen MR) is 114 cm³/mol. The van der Waals surface area contributed by atoms with Crippen LogP contribution in [-0.4, -0.2) is 31.1 Å². The lowest BCUT2D eigenvalue weighted by molar-refractivity contribution is -0.134. The van der Waals surface area contributed by atoms with E-state index < -0.39 is 5.97 Å². The number of aryl methyl sites for hydroxylation is 1. The predicted octanol–water partition coefficient (Wildman–Crippen LogP) is 4.15. The molecule has 0 radical (unpaired) electrons. The molecule has 0 amide bonds. The lowest BCUT2D eigenvalue weighted by Gasteiger charge is -2.09. The maximum atomic E-state index is 12.8. The number of aromatic nitrogens is 1. The highest BCUT2D eigenvalue weighted by Gasteiger charge is 2.30. The van der Waals surface area contributed by atoms with Gasteiger partial charge in [-0.25, -0.2) is 0 Å². The van der Waals surface area contributed by atoms with Crippen molar-refractivity contribution >= 4 is 17.8 Å². The fourth-order valence-corrected chi connectivity index (χ4v) is 3.27. The Morgan fingerprint density at radius 1 is 1.12 bits per heavy atom. The molecule has 32 heavy (non-hydrogen) atoms. The number of rotatable bonds is 7. The first-order valence-electron chi connectivity index (χ1n) is 9.90. The number of Topliss-reactive ketones (excluding diaryl/α,β-unsaturated/α-hetero) is 1. The van der Waals surface area contributed by atoms with E-state index in [0.717, 1.165) is 5.56 Å². The van der Waals surface area contributed by atoms with E-state index in [1.807, 2.05) is 18.2 Å². The highest BCUT2D eigenvalue weighted by molar-refractivity contribution is 6.15. The second-order valence-corrected chi connectivity index (χ2v) is 7.09. The normalized spacial score (nSPS) is 13.6. The number of fused-ring (bicyclic) bond motifs is 1. The van der Waals surface area contributed by atoms with Crippen molar-refractivity contribution in [3.63, 3.8) is 0 Å². The third kappa shape index (κ3) is 4.34. The summed E-state index contributed by atoms with van der Waals surface area (Å²) in [6.45, 7) is 1.74. The number of carbonyl (C=O) groups excluding carboxylic acids is 2. The quantitative estimate of drug-likeness (QED) is 0.310. The number of carbonyl (C=O) groups is 2. The Kier molecular flexibility index (Phi) is 5.93. The van der Waals surface area contributed by atoms with E-state index in [2.05, 4.69) is 5.16 Å². The molecule has 0 saturated heterocycles. The first-order valence-corrected chi connectivity index (χ1v) is 9.90. The van der Waals surface area contributed by atoms with Gasteiger partial charge in [0.25, 0.3) is 5.88 Å². The van der Waals surface area contributed by atoms with E-state index in [1.165, 1.54) is 7.11 Å². The third-order valence-electron chi connectivity index (χ3n) is 4.97. The van der Waals surface area contributed by atoms with Gasteiger partial charge >= 0.3 is 5.97 Å². The zero-order valence-corrected chi connectivity index (χ0v) is 17.8. The number of ether oxygens (including phenoxy) is 4. The van der Waals surface area contributed by atoms with Gasteiger partial charge in [-0.3, -0.25) is 9.59 Å². The number of benzene rings is 2. The first-order chi connectivity index (χ1) is 15.5. The van der Waals surface area contributed by atoms with Crippen LogP contribution in [0.2, 0.25) is 0 Å². The number of nitrogens with zero attached hydrogens (tertiary/aromatic N) is 1. The van der Waals surface area contributed by atoms with Crippen molar-refractivity contribution in [1.82, 2.24) is 5.16 Å². The number of ketones is 1. The summed E-state index contributed by atoms with van der Waals surface area (Å²) in [5.74, 6) is 1.78. The molecule has 0 N–H and O–H groups in total. The summed E-state index contributed by atoms with van der Waals surface area (Å²) in [5, 5.41) is 3.69. The van der Waals surface area contributed by atoms with Crippen molar-refractivity contribution in [2.45, 2.75) is 19.8 Å². The fraction of sp³-hybridized carbons (Fsp3) is 0.208. The summed E-state index contributed by atoms with van der Waals surface area (Å²) in [7, 11) is 3.06. The smallest absolute Gasteiger partial charge is 0.311 e. The summed E-state index contributed by atoms with van der Waals surface area (Å²) >= 11 is 0. The number of methoxy groups -OCH3 is 2. The molecule has 0 atom stereocenters. The molecule has 0 saturated carbocycles. The topological polar surface area (TPSA) is 97.1 Å². The lowest BCUT2D eigenvalue weighted by atomic mass is 10.1. The van der Waals surface area contributed by atoms with Gasteiger partial charge in [0.15, 0.2) is 5.76 Å². The third-order valence-corrected chi connectivity index (χ3v) is 4.97. The van der Waals surface area contributed by atoms with Gasteiger partial charge in [-0.2, -0.15) is 0 Å². The minimum Gasteiger partial charge on any atom is -0.497 e. The maximum Gasteiger partial charge on any atom is 0.311 e. The van der Waals surface area contributed by atoms with Crippen LogP contribution in [0.3, 0.4) is 0 Å². The number of esters is 1. The molecule has 1 aliphatic rings. The van der Waals surface area contributed by atoms with Crippen LogP contribution in [0.15, 0.2) is 52.7 Å². The van der Waals surface area contributed by atoms with Crippen molar-refractivity contribution in [3.05, 3.63) is 70.7 Å². The van der Waals surface area contributed by atoms with Gasteiger partial charge in [0.1, 0.15) is 23.0 Å². The van der Waals surface area contributed by atoms with Gasteiger partial charge in [-0.1, -0.05) is 12.1 Å². The summed E-state index contributed by atoms with van der Waals surface area (Å²) in [5.41, 5.74) is 1.76. The first kappa shape index (κ1) is 21.2. The van der Waals surface area contributed by atoms with Crippen LogP contribution in [0.25, 0.3) is 6.08 Å². The molecule has 0 aliphatic carbocycles. The van der Waals surface area contributed by atoms with E-state index in [4.69, 9.17) is 23.5 Å². The molecule has 4 rings (SSSR count). The van der Waals surface area contributed by atoms with Crippen LogP contribution in [0.5, 0.6) is 23.1 Å². The monoisotopic (exact) mass is 435 g/mol. The molecule has 8 nitrogen and oxygen atoms in total. The molecule has 8 heteroatoms. The van der Waals surface area contributed by atoms with Gasteiger partial charge < -0.3 is 23.5 Å². The Hall–Kier alpha value is -4.07. The van der Waals surface area contributed by atoms with Crippen molar-refractivity contribution in [3.8, 4) is 23.1 Å². The Morgan fingerprint density at radius 3 is 2.72 bits per heavy atom. The van der Waals surface area contributed by atoms with Gasteiger partial charge in [0, 0.05) is 18.1 Å². The summed E-state index contributed by atoms with van der Waals surface area (Å²) in [4.78, 5) is 25.1. The highest BCUT2D eigenvalue weighted by atomic mass is 16.5. The molecule has 0 fully saturated rings. The number of hydrogen-bond acceptors (Lipinski definition) is 8. The standard InChI is InChI=1S/C24H21NO7/c1-14-19(30-22(26)10-7-17-13-21(29-3)25-32-17)9-8-18-23(27)20(31-24(14)18)12-15-5-4-6-16(11-15)28-2/h4-6,8-9,11-13H,7,10H2,1-3H3/b20-12-. The second-order valence-electron chi connectivity index (χ2n) is 7.09. The summed E-state index contributed by atoms with van der Waals surface area (Å²) in [6.07, 6.45) is 2.07. The number of allylic oxidation sites excluding steroid dienone is 1. The van der Waals surface area contributed by atoms with Gasteiger partial charge in [0.05, 0.1) is 26.2 Å². The molecule has 1 aromatic heterocycles. The molecule has 0 spiro atoms. The summed E-state index contributed by atoms with van der Waals surface area (Å²) < 4.78 is 26.6. The number of hydrogen-bond donors (Lipinski definition) is 0. The van der Waals surface area contributed by atoms with E-state index >= 15 is 0 Å². The Morgan fingerprint density at radius 2 is 1.97 bits per heavy atom. The Balaban J connectivity index is 1.47. The SMILES string of the molecule is COc1cccc(/C=C2\Oc3c(ccc(OC(=O)CCc4cc(OC)no4)c3C)C2=O)c1. The average Bonchev–Trinajstić information content (AvgIpc) is 3.39. The zero-order chi connectivity index (χ0) is 22.7. The van der Waals surface area contributed by atoms with Crippen LogP contribution in [0.1, 0.15) is 33.7 Å². The van der Waals surface area contributed by atoms with Crippen LogP contribution in [0, 0.1) is 6.92 Å². The molecule has 2 heterocycles. The molecule has 164 valence electrons. The molecular weight excluding hydrogens is 414 g/mol. The van der Waals surface area contributed by atoms with Crippen LogP contribution >= 0.6 is 0 Å². The van der Waals surface area contributed by atoms with Crippen LogP contribution in [0.4, 0.5) is 0 Å². The highest BCUT2D eigenvalue weighted by Crippen LogP contribution is 2.39. The van der Waals surface area contributed by atoms with E-state index in [1.54, 1.807) is 44.4 Å². The summed E-state index contributed by atoms with van der Waals surface area (Å²) in [6, 6.07) is 12.1. The average molecular weight is 435 g/mol. The molecule has 2 aromatic carbocycles. The largest absolute Gasteiger partial charge is 0.497 e. The van der Waals surface area contributed by atoms with Crippen molar-refractivity contribution in [1.29, 1.82) is 0 Å². The second kappa shape index (κ2) is 8.97. The Bertz CT molecular complexity index is 1210. The van der Waals surface area contributed by atoms with Crippen molar-refractivity contribution in [2.75, 3.05) is 14.2 Å². The van der Waals surface area contributed by atoms with E-state index in [0.29, 0.717) is 46.4 Å². The van der Waals surface area contributed by atoms with Gasteiger partial charge in [0.2, 0.25) is 5.78 Å². The minimum absolute atomic E-state index is 0.0929. The van der Waals surface area contributed by atoms with Crippen molar-refractivity contribution < 1.29 is 33.1 Å². The minimum atomic E-state index is -0.445. The Labute approximate surface area is 184 Å². The lowest BCUT2D eigenvalue weighted by Crippen LogP contribution is -2.10. The fourth-order valence-electron chi connectivity index (χ4n) is 3.27. The van der Waals surface area contributed by atoms with Crippen molar-refractivity contribution in [2.24, 2.45) is 0 Å².